The van der Waals surface area contributed by atoms with Gasteiger partial charge in [0.25, 0.3) is 0 Å². The summed E-state index contributed by atoms with van der Waals surface area (Å²) in [6.45, 7) is 0. The SMILES string of the molecule is [2H]c1c([2H])c([2H])c(-c2cc([2H])c3oc4c([2H])c([2H])c([2H])c(-c5c6ccccc6c(-c6cccc(-c7ccccc7)c6)c6ccccc56)c4c3c2[2H])c([2H])c1[2H]. The number of benzene rings is 8. The molecule has 0 spiro atoms. The van der Waals surface area contributed by atoms with Gasteiger partial charge in [-0.15, -0.1) is 0 Å². The Morgan fingerprint density at radius 3 is 1.78 bits per heavy atom. The Labute approximate surface area is 275 Å². The molecule has 0 aliphatic heterocycles. The maximum Gasteiger partial charge on any atom is 0.136 e. The Hall–Kier alpha value is -5.92. The van der Waals surface area contributed by atoms with Crippen molar-refractivity contribution in [1.29, 1.82) is 0 Å². The molecule has 0 atom stereocenters. The van der Waals surface area contributed by atoms with E-state index >= 15 is 0 Å². The molecule has 1 aromatic heterocycles. The molecule has 0 bridgehead atoms. The zero-order chi connectivity index (χ0) is 38.4. The van der Waals surface area contributed by atoms with Crippen molar-refractivity contribution in [2.45, 2.75) is 0 Å². The molecule has 0 amide bonds. The van der Waals surface area contributed by atoms with Crippen molar-refractivity contribution >= 4 is 43.5 Å². The van der Waals surface area contributed by atoms with Crippen LogP contribution in [0.25, 0.3) is 88.0 Å². The van der Waals surface area contributed by atoms with Crippen molar-refractivity contribution in [2.24, 2.45) is 0 Å². The van der Waals surface area contributed by atoms with Crippen molar-refractivity contribution in [3.63, 3.8) is 0 Å². The van der Waals surface area contributed by atoms with Gasteiger partial charge in [0.05, 0.1) is 13.7 Å². The zero-order valence-corrected chi connectivity index (χ0v) is 23.8. The van der Waals surface area contributed by atoms with Crippen LogP contribution in [0.4, 0.5) is 0 Å². The first-order valence-corrected chi connectivity index (χ1v) is 14.6. The van der Waals surface area contributed by atoms with Crippen LogP contribution in [0.5, 0.6) is 0 Å². The maximum absolute atomic E-state index is 9.53. The second kappa shape index (κ2) is 10.4. The zero-order valence-electron chi connectivity index (χ0n) is 33.8. The normalized spacial score (nSPS) is 14.7. The molecule has 0 aliphatic rings. The van der Waals surface area contributed by atoms with Crippen LogP contribution in [0.15, 0.2) is 174 Å². The average Bonchev–Trinajstić information content (AvgIpc) is 3.62. The molecule has 1 heteroatoms. The third kappa shape index (κ3) is 4.17. The summed E-state index contributed by atoms with van der Waals surface area (Å²) in [5.74, 6) is 0. The van der Waals surface area contributed by atoms with E-state index in [2.05, 4.69) is 30.3 Å². The molecule has 45 heavy (non-hydrogen) atoms. The third-order valence-corrected chi connectivity index (χ3v) is 8.34. The summed E-state index contributed by atoms with van der Waals surface area (Å²) >= 11 is 0. The van der Waals surface area contributed by atoms with Gasteiger partial charge in [-0.2, -0.15) is 0 Å². The highest BCUT2D eigenvalue weighted by atomic mass is 16.3. The van der Waals surface area contributed by atoms with Gasteiger partial charge in [0.2, 0.25) is 0 Å². The highest BCUT2D eigenvalue weighted by Crippen LogP contribution is 2.47. The van der Waals surface area contributed by atoms with Crippen molar-refractivity contribution in [3.8, 4) is 44.5 Å². The fourth-order valence-corrected chi connectivity index (χ4v) is 6.40. The number of rotatable bonds is 4. The number of hydrogen-bond donors (Lipinski definition) is 0. The van der Waals surface area contributed by atoms with Gasteiger partial charge in [-0.1, -0.05) is 145 Å². The van der Waals surface area contributed by atoms with Crippen LogP contribution in [-0.2, 0) is 0 Å². The molecule has 0 radical (unpaired) electrons. The summed E-state index contributed by atoms with van der Waals surface area (Å²) in [4.78, 5) is 0. The molecular weight excluding hydrogens is 544 g/mol. The van der Waals surface area contributed by atoms with Crippen LogP contribution < -0.4 is 0 Å². The number of fused-ring (bicyclic) bond motifs is 5. The molecule has 1 nitrogen and oxygen atoms in total. The first-order valence-electron chi connectivity index (χ1n) is 19.6. The lowest BCUT2D eigenvalue weighted by atomic mass is 9.84. The van der Waals surface area contributed by atoms with Crippen molar-refractivity contribution in [3.05, 3.63) is 170 Å². The third-order valence-electron chi connectivity index (χ3n) is 8.34. The number of furan rings is 1. The van der Waals surface area contributed by atoms with Crippen LogP contribution in [0.1, 0.15) is 13.7 Å². The summed E-state index contributed by atoms with van der Waals surface area (Å²) in [5, 5.41) is 3.46. The van der Waals surface area contributed by atoms with Gasteiger partial charge in [-0.05, 0) is 90.2 Å². The summed E-state index contributed by atoms with van der Waals surface area (Å²) in [6.07, 6.45) is 0. The second-order valence-corrected chi connectivity index (χ2v) is 10.9. The van der Waals surface area contributed by atoms with Gasteiger partial charge in [0.15, 0.2) is 0 Å². The molecule has 9 aromatic rings. The largest absolute Gasteiger partial charge is 0.456 e. The van der Waals surface area contributed by atoms with E-state index in [0.29, 0.717) is 5.56 Å². The number of hydrogen-bond acceptors (Lipinski definition) is 1. The van der Waals surface area contributed by atoms with Gasteiger partial charge >= 0.3 is 0 Å². The standard InChI is InChI=1S/C44H28O/c1-3-13-29(14-4-1)31-17-11-18-33(27-31)42-34-19-7-9-21-36(34)43(37-22-10-8-20-35(37)42)38-23-12-24-41-44(38)39-28-32(25-26-40(39)45-41)30-15-5-2-6-16-30/h1-28H/i2D,5D,6D,12D,15D,16D,23D,24D,26D,28D. The molecule has 0 N–H and O–H groups in total. The van der Waals surface area contributed by atoms with Crippen LogP contribution >= 0.6 is 0 Å². The first kappa shape index (κ1) is 17.4. The van der Waals surface area contributed by atoms with Crippen LogP contribution in [0.3, 0.4) is 0 Å². The van der Waals surface area contributed by atoms with Gasteiger partial charge in [-0.25, -0.2) is 0 Å². The van der Waals surface area contributed by atoms with Gasteiger partial charge in [0, 0.05) is 10.8 Å². The smallest absolute Gasteiger partial charge is 0.136 e. The molecule has 8 aromatic carbocycles. The van der Waals surface area contributed by atoms with E-state index in [1.54, 1.807) is 0 Å². The van der Waals surface area contributed by atoms with Crippen LogP contribution in [0.2, 0.25) is 0 Å². The van der Waals surface area contributed by atoms with E-state index in [-0.39, 0.29) is 62.8 Å². The molecule has 1 heterocycles. The van der Waals surface area contributed by atoms with Crippen LogP contribution in [-0.4, -0.2) is 0 Å². The lowest BCUT2D eigenvalue weighted by molar-refractivity contribution is 0.669. The minimum absolute atomic E-state index is 0.0501. The Balaban J connectivity index is 1.44. The predicted molar refractivity (Wildman–Crippen MR) is 190 cm³/mol. The van der Waals surface area contributed by atoms with Crippen molar-refractivity contribution in [2.75, 3.05) is 0 Å². The van der Waals surface area contributed by atoms with E-state index in [1.807, 2.05) is 72.8 Å². The van der Waals surface area contributed by atoms with Crippen molar-refractivity contribution < 1.29 is 18.1 Å². The van der Waals surface area contributed by atoms with Gasteiger partial charge in [0.1, 0.15) is 11.2 Å². The Morgan fingerprint density at radius 1 is 0.400 bits per heavy atom. The summed E-state index contributed by atoms with van der Waals surface area (Å²) in [7, 11) is 0. The Bertz CT molecular complexity index is 3010. The fraction of sp³-hybridized carbons (Fsp3) is 0. The molecule has 9 rings (SSSR count). The second-order valence-electron chi connectivity index (χ2n) is 10.9. The average molecular weight is 583 g/mol. The summed E-state index contributed by atoms with van der Waals surface area (Å²) in [5.41, 5.74) is 4.40. The summed E-state index contributed by atoms with van der Waals surface area (Å²) < 4.78 is 94.1. The lowest BCUT2D eigenvalue weighted by Gasteiger charge is -2.18. The molecule has 0 saturated carbocycles. The highest BCUT2D eigenvalue weighted by Gasteiger charge is 2.20. The minimum Gasteiger partial charge on any atom is -0.456 e. The first-order chi connectivity index (χ1) is 26.5. The lowest BCUT2D eigenvalue weighted by Crippen LogP contribution is -1.91. The van der Waals surface area contributed by atoms with E-state index in [9.17, 15) is 2.74 Å². The van der Waals surface area contributed by atoms with E-state index in [4.69, 9.17) is 15.4 Å². The van der Waals surface area contributed by atoms with Crippen LogP contribution in [0, 0.1) is 0 Å². The fourth-order valence-electron chi connectivity index (χ4n) is 6.40. The predicted octanol–water partition coefficient (Wildman–Crippen LogP) is 12.6. The molecule has 0 fully saturated rings. The van der Waals surface area contributed by atoms with E-state index in [0.717, 1.165) is 43.8 Å². The molecular formula is C44H28O. The molecule has 0 unspecified atom stereocenters. The van der Waals surface area contributed by atoms with Crippen molar-refractivity contribution in [1.82, 2.24) is 0 Å². The van der Waals surface area contributed by atoms with E-state index in [1.165, 1.54) is 6.07 Å². The maximum atomic E-state index is 9.53. The topological polar surface area (TPSA) is 13.1 Å². The monoisotopic (exact) mass is 582 g/mol. The summed E-state index contributed by atoms with van der Waals surface area (Å²) in [6, 6.07) is 30.9. The highest BCUT2D eigenvalue weighted by molar-refractivity contribution is 6.25. The van der Waals surface area contributed by atoms with E-state index < -0.39 is 36.3 Å². The minimum atomic E-state index is -0.580. The quantitative estimate of drug-likeness (QED) is 0.188. The Kier molecular flexibility index (Phi) is 4.01. The molecule has 210 valence electrons. The molecule has 0 saturated heterocycles. The molecule has 0 aliphatic carbocycles. The van der Waals surface area contributed by atoms with Gasteiger partial charge < -0.3 is 4.42 Å². The van der Waals surface area contributed by atoms with Gasteiger partial charge in [-0.3, -0.25) is 0 Å². The Morgan fingerprint density at radius 2 is 1.04 bits per heavy atom.